The third-order valence-electron chi connectivity index (χ3n) is 2.66. The van der Waals surface area contributed by atoms with Crippen LogP contribution >= 0.6 is 0 Å². The van der Waals surface area contributed by atoms with Crippen molar-refractivity contribution in [1.29, 1.82) is 0 Å². The van der Waals surface area contributed by atoms with Crippen LogP contribution in [0, 0.1) is 0 Å². The third kappa shape index (κ3) is 1.63. The molecule has 1 saturated heterocycles. The lowest BCUT2D eigenvalue weighted by Crippen LogP contribution is -2.31. The van der Waals surface area contributed by atoms with E-state index in [0.717, 1.165) is 5.56 Å². The topological polar surface area (TPSA) is 49.3 Å². The van der Waals surface area contributed by atoms with Crippen LogP contribution < -0.4 is 5.32 Å². The van der Waals surface area contributed by atoms with Gasteiger partial charge >= 0.3 is 0 Å². The van der Waals surface area contributed by atoms with Crippen molar-refractivity contribution >= 4 is 5.91 Å². The zero-order chi connectivity index (χ0) is 9.97. The first-order chi connectivity index (χ1) is 6.81. The van der Waals surface area contributed by atoms with Crippen molar-refractivity contribution in [3.8, 4) is 0 Å². The molecule has 1 aliphatic rings. The summed E-state index contributed by atoms with van der Waals surface area (Å²) in [5.74, 6) is 0.145. The Labute approximate surface area is 82.8 Å². The van der Waals surface area contributed by atoms with Gasteiger partial charge in [-0.05, 0) is 5.56 Å². The number of carbonyl (C=O) groups excluding carboxylic acids is 1. The fourth-order valence-electron chi connectivity index (χ4n) is 1.93. The first-order valence-corrected chi connectivity index (χ1v) is 4.76. The molecule has 1 amide bonds. The molecule has 0 bridgehead atoms. The molecule has 2 N–H and O–H groups in total. The summed E-state index contributed by atoms with van der Waals surface area (Å²) in [6, 6.07) is 9.71. The highest BCUT2D eigenvalue weighted by molar-refractivity contribution is 5.80. The molecule has 3 heteroatoms. The third-order valence-corrected chi connectivity index (χ3v) is 2.66. The predicted octanol–water partition coefficient (Wildman–Crippen LogP) is 0.651. The number of carbonyl (C=O) groups is 1. The number of aliphatic hydroxyl groups is 1. The first-order valence-electron chi connectivity index (χ1n) is 4.76. The Kier molecular flexibility index (Phi) is 2.50. The highest BCUT2D eigenvalue weighted by Gasteiger charge is 2.32. The molecule has 1 aromatic carbocycles. The summed E-state index contributed by atoms with van der Waals surface area (Å²) in [5, 5.41) is 11.9. The van der Waals surface area contributed by atoms with Crippen molar-refractivity contribution in [2.75, 3.05) is 6.61 Å². The molecule has 1 aromatic rings. The van der Waals surface area contributed by atoms with Gasteiger partial charge < -0.3 is 10.4 Å². The molecule has 2 rings (SSSR count). The second-order valence-corrected chi connectivity index (χ2v) is 3.58. The Morgan fingerprint density at radius 2 is 2.07 bits per heavy atom. The van der Waals surface area contributed by atoms with Crippen LogP contribution in [0.1, 0.15) is 17.9 Å². The molecular formula is C11H13NO2. The van der Waals surface area contributed by atoms with Crippen LogP contribution in [0.2, 0.25) is 0 Å². The van der Waals surface area contributed by atoms with Gasteiger partial charge in [0.2, 0.25) is 5.91 Å². The molecule has 0 unspecified atom stereocenters. The minimum Gasteiger partial charge on any atom is -0.394 e. The van der Waals surface area contributed by atoms with Crippen LogP contribution in [0.25, 0.3) is 0 Å². The quantitative estimate of drug-likeness (QED) is 0.721. The lowest BCUT2D eigenvalue weighted by Gasteiger charge is -2.16. The van der Waals surface area contributed by atoms with Gasteiger partial charge in [-0.25, -0.2) is 0 Å². The summed E-state index contributed by atoms with van der Waals surface area (Å²) in [4.78, 5) is 11.2. The summed E-state index contributed by atoms with van der Waals surface area (Å²) >= 11 is 0. The normalized spacial score (nSPS) is 26.2. The fraction of sp³-hybridized carbons (Fsp3) is 0.364. The van der Waals surface area contributed by atoms with E-state index in [0.29, 0.717) is 6.42 Å². The van der Waals surface area contributed by atoms with E-state index in [1.54, 1.807) is 0 Å². The largest absolute Gasteiger partial charge is 0.394 e. The molecule has 1 fully saturated rings. The van der Waals surface area contributed by atoms with Crippen molar-refractivity contribution in [1.82, 2.24) is 5.32 Å². The highest BCUT2D eigenvalue weighted by atomic mass is 16.3. The Hall–Kier alpha value is -1.35. The second-order valence-electron chi connectivity index (χ2n) is 3.58. The zero-order valence-corrected chi connectivity index (χ0v) is 7.81. The number of nitrogens with one attached hydrogen (secondary N) is 1. The van der Waals surface area contributed by atoms with Gasteiger partial charge in [0.05, 0.1) is 12.6 Å². The summed E-state index contributed by atoms with van der Waals surface area (Å²) in [6.07, 6.45) is 0.481. The van der Waals surface area contributed by atoms with Crippen LogP contribution in [0.5, 0.6) is 0 Å². The monoisotopic (exact) mass is 191 g/mol. The number of benzene rings is 1. The van der Waals surface area contributed by atoms with Crippen molar-refractivity contribution in [2.45, 2.75) is 18.4 Å². The smallest absolute Gasteiger partial charge is 0.221 e. The minimum absolute atomic E-state index is 0.00526. The highest BCUT2D eigenvalue weighted by Crippen LogP contribution is 2.27. The number of rotatable bonds is 2. The number of amides is 1. The molecule has 0 radical (unpaired) electrons. The average molecular weight is 191 g/mol. The standard InChI is InChI=1S/C11H13NO2/c13-7-10-9(6-11(14)12-10)8-4-2-1-3-5-8/h1-5,9-10,13H,6-7H2,(H,12,14)/t9-,10+/m1/s1. The Bertz CT molecular complexity index is 323. The molecule has 74 valence electrons. The molecule has 0 saturated carbocycles. The van der Waals surface area contributed by atoms with Crippen LogP contribution in [0.15, 0.2) is 30.3 Å². The molecule has 14 heavy (non-hydrogen) atoms. The molecule has 0 aliphatic carbocycles. The Morgan fingerprint density at radius 1 is 1.36 bits per heavy atom. The summed E-state index contributed by atoms with van der Waals surface area (Å²) < 4.78 is 0. The molecule has 0 aromatic heterocycles. The Morgan fingerprint density at radius 3 is 2.71 bits per heavy atom. The van der Waals surface area contributed by atoms with Gasteiger partial charge in [0, 0.05) is 12.3 Å². The molecule has 2 atom stereocenters. The van der Waals surface area contributed by atoms with Gasteiger partial charge in [0.25, 0.3) is 0 Å². The maximum atomic E-state index is 11.2. The molecule has 3 nitrogen and oxygen atoms in total. The zero-order valence-electron chi connectivity index (χ0n) is 7.81. The fourth-order valence-corrected chi connectivity index (χ4v) is 1.93. The van der Waals surface area contributed by atoms with Crippen LogP contribution in [-0.4, -0.2) is 23.7 Å². The van der Waals surface area contributed by atoms with Gasteiger partial charge in [-0.15, -0.1) is 0 Å². The van der Waals surface area contributed by atoms with E-state index in [2.05, 4.69) is 5.32 Å². The van der Waals surface area contributed by atoms with Crippen LogP contribution in [0.3, 0.4) is 0 Å². The predicted molar refractivity (Wildman–Crippen MR) is 52.8 cm³/mol. The van der Waals surface area contributed by atoms with Gasteiger partial charge in [-0.1, -0.05) is 30.3 Å². The van der Waals surface area contributed by atoms with E-state index in [1.165, 1.54) is 0 Å². The molecule has 1 heterocycles. The Balaban J connectivity index is 2.22. The van der Waals surface area contributed by atoms with Crippen molar-refractivity contribution in [3.05, 3.63) is 35.9 Å². The van der Waals surface area contributed by atoms with E-state index in [9.17, 15) is 4.79 Å². The van der Waals surface area contributed by atoms with Crippen molar-refractivity contribution in [2.24, 2.45) is 0 Å². The minimum atomic E-state index is -0.120. The molecule has 0 spiro atoms. The average Bonchev–Trinajstić information content (AvgIpc) is 2.61. The van der Waals surface area contributed by atoms with E-state index < -0.39 is 0 Å². The van der Waals surface area contributed by atoms with Crippen LogP contribution in [-0.2, 0) is 4.79 Å². The lowest BCUT2D eigenvalue weighted by atomic mass is 9.92. The van der Waals surface area contributed by atoms with Crippen molar-refractivity contribution in [3.63, 3.8) is 0 Å². The van der Waals surface area contributed by atoms with Crippen LogP contribution in [0.4, 0.5) is 0 Å². The van der Waals surface area contributed by atoms with E-state index >= 15 is 0 Å². The van der Waals surface area contributed by atoms with Gasteiger partial charge in [0.1, 0.15) is 0 Å². The number of aliphatic hydroxyl groups excluding tert-OH is 1. The van der Waals surface area contributed by atoms with E-state index in [1.807, 2.05) is 30.3 Å². The summed E-state index contributed by atoms with van der Waals surface area (Å²) in [6.45, 7) is 0.00526. The van der Waals surface area contributed by atoms with Crippen molar-refractivity contribution < 1.29 is 9.90 Å². The molecule has 1 aliphatic heterocycles. The van der Waals surface area contributed by atoms with Gasteiger partial charge in [0.15, 0.2) is 0 Å². The first kappa shape index (κ1) is 9.21. The second kappa shape index (κ2) is 3.80. The van der Waals surface area contributed by atoms with Gasteiger partial charge in [-0.2, -0.15) is 0 Å². The van der Waals surface area contributed by atoms with E-state index in [4.69, 9.17) is 5.11 Å². The molecular weight excluding hydrogens is 178 g/mol. The summed E-state index contributed by atoms with van der Waals surface area (Å²) in [5.41, 5.74) is 1.12. The SMILES string of the molecule is O=C1C[C@H](c2ccccc2)[C@H](CO)N1. The lowest BCUT2D eigenvalue weighted by molar-refractivity contribution is -0.119. The van der Waals surface area contributed by atoms with E-state index in [-0.39, 0.29) is 24.5 Å². The number of hydrogen-bond donors (Lipinski definition) is 2. The van der Waals surface area contributed by atoms with Gasteiger partial charge in [-0.3, -0.25) is 4.79 Å². The maximum absolute atomic E-state index is 11.2. The summed E-state index contributed by atoms with van der Waals surface area (Å²) in [7, 11) is 0. The number of hydrogen-bond acceptors (Lipinski definition) is 2. The maximum Gasteiger partial charge on any atom is 0.221 e.